The second-order valence-corrected chi connectivity index (χ2v) is 8.49. The van der Waals surface area contributed by atoms with Crippen molar-refractivity contribution in [1.29, 1.82) is 0 Å². The van der Waals surface area contributed by atoms with Gasteiger partial charge in [0.15, 0.2) is 0 Å². The van der Waals surface area contributed by atoms with Crippen LogP contribution < -0.4 is 9.47 Å². The number of allylic oxidation sites excluding steroid dienone is 1. The maximum Gasteiger partial charge on any atom is 0.314 e. The Labute approximate surface area is 162 Å². The standard InChI is InChI=1S/C23H32O4/c1-6-7-8-9-15-12-18(26-4)20(19(13-15)27-5)17-14-16-10-11-23(17,21(24)25)22(16,2)3/h12-14,16H,6-11H2,1-5H3,(H,24,25)/t16-,23-/m1/s1. The van der Waals surface area contributed by atoms with Crippen LogP contribution in [-0.4, -0.2) is 25.3 Å². The summed E-state index contributed by atoms with van der Waals surface area (Å²) in [5, 5.41) is 10.3. The average molecular weight is 373 g/mol. The number of hydrogen-bond donors (Lipinski definition) is 1. The van der Waals surface area contributed by atoms with E-state index in [-0.39, 0.29) is 11.3 Å². The first kappa shape index (κ1) is 19.8. The third-order valence-electron chi connectivity index (χ3n) is 6.95. The predicted octanol–water partition coefficient (Wildman–Crippen LogP) is 5.34. The van der Waals surface area contributed by atoms with Gasteiger partial charge in [0.1, 0.15) is 11.5 Å². The number of aryl methyl sites for hydroxylation is 1. The highest BCUT2D eigenvalue weighted by Crippen LogP contribution is 2.69. The van der Waals surface area contributed by atoms with E-state index in [1.807, 2.05) is 0 Å². The van der Waals surface area contributed by atoms with Crippen LogP contribution in [-0.2, 0) is 11.2 Å². The minimum Gasteiger partial charge on any atom is -0.496 e. The zero-order chi connectivity index (χ0) is 19.8. The van der Waals surface area contributed by atoms with Gasteiger partial charge in [-0.15, -0.1) is 0 Å². The fraction of sp³-hybridized carbons (Fsp3) is 0.609. The number of carboxylic acids is 1. The van der Waals surface area contributed by atoms with Crippen molar-refractivity contribution >= 4 is 11.5 Å². The Kier molecular flexibility index (Phi) is 5.29. The Morgan fingerprint density at radius 3 is 2.30 bits per heavy atom. The number of aliphatic carboxylic acids is 1. The first-order valence-corrected chi connectivity index (χ1v) is 10.0. The Bertz CT molecular complexity index is 737. The lowest BCUT2D eigenvalue weighted by molar-refractivity contribution is -0.149. The first-order chi connectivity index (χ1) is 12.8. The summed E-state index contributed by atoms with van der Waals surface area (Å²) >= 11 is 0. The molecule has 2 aliphatic carbocycles. The quantitative estimate of drug-likeness (QED) is 0.626. The smallest absolute Gasteiger partial charge is 0.314 e. The number of fused-ring (bicyclic) bond motifs is 2. The van der Waals surface area contributed by atoms with Crippen LogP contribution in [0.25, 0.3) is 5.57 Å². The van der Waals surface area contributed by atoms with Gasteiger partial charge in [-0.3, -0.25) is 4.79 Å². The summed E-state index contributed by atoms with van der Waals surface area (Å²) in [6, 6.07) is 4.12. The van der Waals surface area contributed by atoms with Gasteiger partial charge in [-0.2, -0.15) is 0 Å². The first-order valence-electron chi connectivity index (χ1n) is 10.0. The van der Waals surface area contributed by atoms with Crippen LogP contribution in [0.1, 0.15) is 64.0 Å². The molecule has 1 aromatic carbocycles. The van der Waals surface area contributed by atoms with Gasteiger partial charge in [0.25, 0.3) is 0 Å². The molecular formula is C23H32O4. The fourth-order valence-electron chi connectivity index (χ4n) is 5.24. The SMILES string of the molecule is CCCCCc1cc(OC)c(C2=C[C@H]3CC[C@@]2(C(=O)O)C3(C)C)c(OC)c1. The maximum atomic E-state index is 12.5. The molecule has 2 atom stereocenters. The highest BCUT2D eigenvalue weighted by atomic mass is 16.5. The molecule has 1 aromatic rings. The van der Waals surface area contributed by atoms with Crippen molar-refractivity contribution in [3.05, 3.63) is 29.3 Å². The molecule has 1 fully saturated rings. The van der Waals surface area contributed by atoms with Crippen LogP contribution >= 0.6 is 0 Å². The Morgan fingerprint density at radius 2 is 1.81 bits per heavy atom. The van der Waals surface area contributed by atoms with Gasteiger partial charge in [-0.05, 0) is 60.3 Å². The summed E-state index contributed by atoms with van der Waals surface area (Å²) < 4.78 is 11.5. The van der Waals surface area contributed by atoms with E-state index < -0.39 is 11.4 Å². The molecule has 0 unspecified atom stereocenters. The monoisotopic (exact) mass is 372 g/mol. The molecule has 2 bridgehead atoms. The third kappa shape index (κ3) is 2.84. The summed E-state index contributed by atoms with van der Waals surface area (Å²) in [5.74, 6) is 0.962. The van der Waals surface area contributed by atoms with E-state index >= 15 is 0 Å². The lowest BCUT2D eigenvalue weighted by Crippen LogP contribution is -2.40. The average Bonchev–Trinajstić information content (AvgIpc) is 3.04. The predicted molar refractivity (Wildman–Crippen MR) is 107 cm³/mol. The Hall–Kier alpha value is -1.97. The van der Waals surface area contributed by atoms with Gasteiger partial charge >= 0.3 is 5.97 Å². The Morgan fingerprint density at radius 1 is 1.19 bits per heavy atom. The zero-order valence-corrected chi connectivity index (χ0v) is 17.2. The van der Waals surface area contributed by atoms with Crippen molar-refractivity contribution < 1.29 is 19.4 Å². The molecule has 27 heavy (non-hydrogen) atoms. The van der Waals surface area contributed by atoms with Crippen LogP contribution in [0.2, 0.25) is 0 Å². The molecule has 0 heterocycles. The van der Waals surface area contributed by atoms with Gasteiger partial charge < -0.3 is 14.6 Å². The summed E-state index contributed by atoms with van der Waals surface area (Å²) in [6.45, 7) is 6.36. The van der Waals surface area contributed by atoms with Crippen LogP contribution in [0.15, 0.2) is 18.2 Å². The minimum atomic E-state index is -0.887. The van der Waals surface area contributed by atoms with Gasteiger partial charge in [0.05, 0.1) is 25.2 Å². The molecule has 3 rings (SSSR count). The number of methoxy groups -OCH3 is 2. The minimum absolute atomic E-state index is 0.266. The van der Waals surface area contributed by atoms with E-state index in [1.54, 1.807) is 14.2 Å². The molecule has 1 saturated carbocycles. The van der Waals surface area contributed by atoms with Crippen molar-refractivity contribution in [2.75, 3.05) is 14.2 Å². The molecule has 4 nitrogen and oxygen atoms in total. The van der Waals surface area contributed by atoms with E-state index in [2.05, 4.69) is 39.0 Å². The molecule has 0 spiro atoms. The van der Waals surface area contributed by atoms with E-state index in [4.69, 9.17) is 9.47 Å². The maximum absolute atomic E-state index is 12.5. The number of hydrogen-bond acceptors (Lipinski definition) is 3. The highest BCUT2D eigenvalue weighted by Gasteiger charge is 2.65. The summed E-state index contributed by atoms with van der Waals surface area (Å²) in [7, 11) is 3.31. The number of benzene rings is 1. The molecule has 0 aromatic heterocycles. The molecule has 0 amide bonds. The molecule has 2 aliphatic rings. The van der Waals surface area contributed by atoms with Crippen molar-refractivity contribution in [2.24, 2.45) is 16.7 Å². The zero-order valence-electron chi connectivity index (χ0n) is 17.2. The van der Waals surface area contributed by atoms with Crippen molar-refractivity contribution in [3.8, 4) is 11.5 Å². The van der Waals surface area contributed by atoms with Crippen LogP contribution in [0.5, 0.6) is 11.5 Å². The van der Waals surface area contributed by atoms with Crippen LogP contribution in [0.4, 0.5) is 0 Å². The van der Waals surface area contributed by atoms with Crippen molar-refractivity contribution in [3.63, 3.8) is 0 Å². The summed E-state index contributed by atoms with van der Waals surface area (Å²) in [5.41, 5.74) is 1.65. The van der Waals surface area contributed by atoms with Crippen molar-refractivity contribution in [1.82, 2.24) is 0 Å². The molecule has 148 valence electrons. The number of carboxylic acid groups (broad SMARTS) is 1. The largest absolute Gasteiger partial charge is 0.496 e. The summed E-state index contributed by atoms with van der Waals surface area (Å²) in [6.07, 6.45) is 8.21. The van der Waals surface area contributed by atoms with E-state index in [9.17, 15) is 9.90 Å². The number of carbonyl (C=O) groups is 1. The van der Waals surface area contributed by atoms with Gasteiger partial charge in [0.2, 0.25) is 0 Å². The number of unbranched alkanes of at least 4 members (excludes halogenated alkanes) is 2. The molecule has 0 saturated heterocycles. The lowest BCUT2D eigenvalue weighted by Gasteiger charge is -2.37. The second kappa shape index (κ2) is 7.21. The van der Waals surface area contributed by atoms with Gasteiger partial charge in [-0.1, -0.05) is 39.7 Å². The van der Waals surface area contributed by atoms with Gasteiger partial charge in [-0.25, -0.2) is 0 Å². The third-order valence-corrected chi connectivity index (χ3v) is 6.95. The van der Waals surface area contributed by atoms with Crippen LogP contribution in [0, 0.1) is 16.7 Å². The molecular weight excluding hydrogens is 340 g/mol. The molecule has 1 N–H and O–H groups in total. The van der Waals surface area contributed by atoms with Crippen molar-refractivity contribution in [2.45, 2.75) is 59.3 Å². The van der Waals surface area contributed by atoms with E-state index in [0.29, 0.717) is 6.42 Å². The normalized spacial score (nSPS) is 25.4. The Balaban J connectivity index is 2.11. The highest BCUT2D eigenvalue weighted by molar-refractivity contribution is 5.98. The summed E-state index contributed by atoms with van der Waals surface area (Å²) in [4.78, 5) is 12.5. The van der Waals surface area contributed by atoms with Gasteiger partial charge in [0, 0.05) is 0 Å². The van der Waals surface area contributed by atoms with Crippen LogP contribution in [0.3, 0.4) is 0 Å². The number of rotatable bonds is 8. The topological polar surface area (TPSA) is 55.8 Å². The number of ether oxygens (including phenoxy) is 2. The lowest BCUT2D eigenvalue weighted by atomic mass is 9.64. The molecule has 0 aliphatic heterocycles. The van der Waals surface area contributed by atoms with E-state index in [0.717, 1.165) is 41.9 Å². The molecule has 4 heteroatoms. The molecule has 0 radical (unpaired) electrons. The van der Waals surface area contributed by atoms with E-state index in [1.165, 1.54) is 18.4 Å². The fourth-order valence-corrected chi connectivity index (χ4v) is 5.24. The second-order valence-electron chi connectivity index (χ2n) is 8.49.